The maximum absolute atomic E-state index is 13.5. The van der Waals surface area contributed by atoms with Gasteiger partial charge in [-0.15, -0.1) is 0 Å². The highest BCUT2D eigenvalue weighted by Gasteiger charge is 2.42. The van der Waals surface area contributed by atoms with Gasteiger partial charge in [0.2, 0.25) is 5.75 Å². The number of Topliss-reactive ketones (excluding diaryl/α,β-unsaturated/α-hetero) is 1. The summed E-state index contributed by atoms with van der Waals surface area (Å²) in [5, 5.41) is 22.5. The molecule has 210 valence electrons. The summed E-state index contributed by atoms with van der Waals surface area (Å²) in [5.74, 6) is 0.241. The van der Waals surface area contributed by atoms with Crippen molar-refractivity contribution >= 4 is 5.78 Å². The largest absolute Gasteiger partial charge is 0.507 e. The number of phenolic OH excluding ortho intramolecular Hbond substituents is 2. The van der Waals surface area contributed by atoms with Gasteiger partial charge in [-0.05, 0) is 11.1 Å². The fourth-order valence-electron chi connectivity index (χ4n) is 5.91. The minimum Gasteiger partial charge on any atom is -0.507 e. The number of phenols is 2. The lowest BCUT2D eigenvalue weighted by Crippen LogP contribution is -2.24. The molecular formula is C33H30O8. The van der Waals surface area contributed by atoms with Gasteiger partial charge < -0.3 is 33.9 Å². The Labute approximate surface area is 237 Å². The Morgan fingerprint density at radius 3 is 1.98 bits per heavy atom. The van der Waals surface area contributed by atoms with Crippen LogP contribution in [-0.2, 0) is 0 Å². The highest BCUT2D eigenvalue weighted by atomic mass is 16.5. The molecule has 8 nitrogen and oxygen atoms in total. The number of aromatic hydroxyl groups is 2. The van der Waals surface area contributed by atoms with Crippen LogP contribution in [0.2, 0.25) is 0 Å². The van der Waals surface area contributed by atoms with Crippen LogP contribution in [0.5, 0.6) is 40.2 Å². The van der Waals surface area contributed by atoms with Gasteiger partial charge in [-0.25, -0.2) is 0 Å². The van der Waals surface area contributed by atoms with Crippen LogP contribution < -0.4 is 23.7 Å². The van der Waals surface area contributed by atoms with E-state index in [1.165, 1.54) is 27.4 Å². The number of ketones is 1. The average molecular weight is 555 g/mol. The van der Waals surface area contributed by atoms with E-state index >= 15 is 0 Å². The van der Waals surface area contributed by atoms with Crippen molar-refractivity contribution in [3.63, 3.8) is 0 Å². The van der Waals surface area contributed by atoms with Gasteiger partial charge in [-0.1, -0.05) is 60.7 Å². The minimum absolute atomic E-state index is 0.0817. The maximum Gasteiger partial charge on any atom is 0.203 e. The van der Waals surface area contributed by atoms with Crippen LogP contribution in [0, 0.1) is 0 Å². The summed E-state index contributed by atoms with van der Waals surface area (Å²) < 4.78 is 29.8. The summed E-state index contributed by atoms with van der Waals surface area (Å²) in [6.45, 7) is 0. The molecule has 4 aromatic carbocycles. The van der Waals surface area contributed by atoms with Gasteiger partial charge in [0, 0.05) is 35.6 Å². The van der Waals surface area contributed by atoms with Crippen LogP contribution >= 0.6 is 0 Å². The van der Waals surface area contributed by atoms with E-state index in [0.29, 0.717) is 34.8 Å². The molecule has 0 radical (unpaired) electrons. The molecule has 3 unspecified atom stereocenters. The van der Waals surface area contributed by atoms with E-state index in [1.807, 2.05) is 60.7 Å². The molecule has 0 saturated heterocycles. The second-order valence-electron chi connectivity index (χ2n) is 10.0. The predicted octanol–water partition coefficient (Wildman–Crippen LogP) is 6.49. The molecule has 8 heteroatoms. The van der Waals surface area contributed by atoms with Crippen LogP contribution in [-0.4, -0.2) is 37.3 Å². The van der Waals surface area contributed by atoms with E-state index in [9.17, 15) is 15.0 Å². The van der Waals surface area contributed by atoms with Crippen molar-refractivity contribution in [3.8, 4) is 40.2 Å². The molecular weight excluding hydrogens is 524 g/mol. The molecule has 2 aliphatic heterocycles. The van der Waals surface area contributed by atoms with Gasteiger partial charge in [0.05, 0.1) is 27.8 Å². The van der Waals surface area contributed by atoms with Gasteiger partial charge in [-0.3, -0.25) is 4.79 Å². The molecule has 4 aromatic rings. The Morgan fingerprint density at radius 2 is 1.37 bits per heavy atom. The molecule has 0 bridgehead atoms. The number of carbonyl (C=O) groups excluding carboxylic acids is 1. The van der Waals surface area contributed by atoms with Crippen LogP contribution in [0.1, 0.15) is 63.6 Å². The van der Waals surface area contributed by atoms with Crippen molar-refractivity contribution < 1.29 is 38.7 Å². The van der Waals surface area contributed by atoms with Crippen molar-refractivity contribution in [1.29, 1.82) is 0 Å². The second-order valence-corrected chi connectivity index (χ2v) is 10.0. The van der Waals surface area contributed by atoms with E-state index in [0.717, 1.165) is 11.1 Å². The quantitative estimate of drug-likeness (QED) is 0.279. The monoisotopic (exact) mass is 554 g/mol. The first-order valence-corrected chi connectivity index (χ1v) is 13.3. The standard InChI is InChI=1S/C33H30O8/c1-37-25-16-22(35)32(39-3)33-29(25)20(14-23(41-33)18-10-6-4-7-11-18)28-26(38-2)17-27-30(31(28)36)21(34)15-24(40-27)19-12-8-5-9-13-19/h4-13,16-17,20,23-24,35-36H,14-15H2,1-3H3. The SMILES string of the molecule is COc1cc2c(c(O)c1C1CC(c3ccccc3)Oc3c(OC)c(O)cc(OC)c31)C(=O)CC(c1ccccc1)O2. The number of benzene rings is 4. The number of carbonyl (C=O) groups is 1. The smallest absolute Gasteiger partial charge is 0.203 e. The third-order valence-corrected chi connectivity index (χ3v) is 7.80. The Hall–Kier alpha value is -4.85. The van der Waals surface area contributed by atoms with Crippen molar-refractivity contribution in [1.82, 2.24) is 0 Å². The zero-order valence-corrected chi connectivity index (χ0v) is 22.9. The average Bonchev–Trinajstić information content (AvgIpc) is 3.00. The van der Waals surface area contributed by atoms with Gasteiger partial charge in [-0.2, -0.15) is 0 Å². The third-order valence-electron chi connectivity index (χ3n) is 7.80. The van der Waals surface area contributed by atoms with Crippen molar-refractivity contribution in [2.75, 3.05) is 21.3 Å². The molecule has 0 aliphatic carbocycles. The van der Waals surface area contributed by atoms with Gasteiger partial charge in [0.1, 0.15) is 40.8 Å². The van der Waals surface area contributed by atoms with E-state index in [1.54, 1.807) is 6.07 Å². The Bertz CT molecular complexity index is 1600. The fraction of sp³-hybridized carbons (Fsp3) is 0.242. The van der Waals surface area contributed by atoms with Crippen LogP contribution in [0.25, 0.3) is 0 Å². The number of fused-ring (bicyclic) bond motifs is 2. The molecule has 41 heavy (non-hydrogen) atoms. The molecule has 6 rings (SSSR count). The summed E-state index contributed by atoms with van der Waals surface area (Å²) in [7, 11) is 4.45. The number of hydrogen-bond donors (Lipinski definition) is 2. The van der Waals surface area contributed by atoms with E-state index < -0.39 is 18.1 Å². The first kappa shape index (κ1) is 26.4. The molecule has 2 N–H and O–H groups in total. The molecule has 0 aromatic heterocycles. The Morgan fingerprint density at radius 1 is 0.756 bits per heavy atom. The normalized spacial score (nSPS) is 19.3. The number of rotatable bonds is 6. The third kappa shape index (κ3) is 4.45. The van der Waals surface area contributed by atoms with Crippen LogP contribution in [0.4, 0.5) is 0 Å². The topological polar surface area (TPSA) is 104 Å². The number of hydrogen-bond acceptors (Lipinski definition) is 8. The van der Waals surface area contributed by atoms with Gasteiger partial charge >= 0.3 is 0 Å². The van der Waals surface area contributed by atoms with Gasteiger partial charge in [0.15, 0.2) is 17.3 Å². The first-order valence-electron chi connectivity index (χ1n) is 13.3. The second kappa shape index (κ2) is 10.6. The molecule has 0 saturated carbocycles. The highest BCUT2D eigenvalue weighted by molar-refractivity contribution is 6.03. The summed E-state index contributed by atoms with van der Waals surface area (Å²) in [5.41, 5.74) is 2.85. The lowest BCUT2D eigenvalue weighted by atomic mass is 9.79. The highest BCUT2D eigenvalue weighted by Crippen LogP contribution is 2.59. The molecule has 3 atom stereocenters. The minimum atomic E-state index is -0.562. The maximum atomic E-state index is 13.5. The van der Waals surface area contributed by atoms with E-state index in [-0.39, 0.29) is 40.8 Å². The predicted molar refractivity (Wildman–Crippen MR) is 151 cm³/mol. The summed E-state index contributed by atoms with van der Waals surface area (Å²) in [6.07, 6.45) is -0.488. The molecule has 2 heterocycles. The lowest BCUT2D eigenvalue weighted by molar-refractivity contribution is 0.0844. The Balaban J connectivity index is 1.55. The van der Waals surface area contributed by atoms with Crippen molar-refractivity contribution in [3.05, 3.63) is 101 Å². The lowest BCUT2D eigenvalue weighted by Gasteiger charge is -2.36. The van der Waals surface area contributed by atoms with Crippen LogP contribution in [0.3, 0.4) is 0 Å². The summed E-state index contributed by atoms with van der Waals surface area (Å²) >= 11 is 0. The molecule has 0 spiro atoms. The van der Waals surface area contributed by atoms with Crippen LogP contribution in [0.15, 0.2) is 72.8 Å². The van der Waals surface area contributed by atoms with Crippen molar-refractivity contribution in [2.24, 2.45) is 0 Å². The zero-order valence-electron chi connectivity index (χ0n) is 22.9. The van der Waals surface area contributed by atoms with E-state index in [2.05, 4.69) is 0 Å². The summed E-state index contributed by atoms with van der Waals surface area (Å²) in [4.78, 5) is 13.5. The molecule has 2 aliphatic rings. The first-order chi connectivity index (χ1) is 19.9. The number of ether oxygens (including phenoxy) is 5. The van der Waals surface area contributed by atoms with Gasteiger partial charge in [0.25, 0.3) is 0 Å². The Kier molecular flexibility index (Phi) is 6.83. The van der Waals surface area contributed by atoms with Crippen molar-refractivity contribution in [2.45, 2.75) is 31.0 Å². The molecule has 0 amide bonds. The number of methoxy groups -OCH3 is 3. The molecule has 0 fully saturated rings. The van der Waals surface area contributed by atoms with E-state index in [4.69, 9.17) is 23.7 Å². The summed E-state index contributed by atoms with van der Waals surface area (Å²) in [6, 6.07) is 22.3. The fourth-order valence-corrected chi connectivity index (χ4v) is 5.91. The zero-order chi connectivity index (χ0) is 28.7.